The average Bonchev–Trinajstić information content (AvgIpc) is 3.33. The number of thiazole rings is 1. The predicted molar refractivity (Wildman–Crippen MR) is 186 cm³/mol. The maximum Gasteiger partial charge on any atom is 0.338 e. The first-order valence-electron chi connectivity index (χ1n) is 14.7. The molecule has 5 rings (SSSR count). The van der Waals surface area contributed by atoms with Crippen LogP contribution in [-0.2, 0) is 16.1 Å². The lowest BCUT2D eigenvalue weighted by Crippen LogP contribution is -2.40. The number of methoxy groups -OCH3 is 2. The van der Waals surface area contributed by atoms with Gasteiger partial charge in [0.25, 0.3) is 5.56 Å². The van der Waals surface area contributed by atoms with E-state index in [0.717, 1.165) is 9.13 Å². The zero-order valence-corrected chi connectivity index (χ0v) is 29.4. The summed E-state index contributed by atoms with van der Waals surface area (Å²) < 4.78 is 31.9. The van der Waals surface area contributed by atoms with Crippen LogP contribution < -0.4 is 33.8 Å². The van der Waals surface area contributed by atoms with Gasteiger partial charge in [0.2, 0.25) is 0 Å². The van der Waals surface area contributed by atoms with E-state index in [2.05, 4.69) is 22.6 Å². The van der Waals surface area contributed by atoms with Gasteiger partial charge in [-0.3, -0.25) is 9.36 Å². The number of nitrogens with zero attached hydrogens (tertiary/aromatic N) is 2. The largest absolute Gasteiger partial charge is 0.493 e. The molecule has 0 bridgehead atoms. The van der Waals surface area contributed by atoms with Gasteiger partial charge in [0.1, 0.15) is 6.61 Å². The van der Waals surface area contributed by atoms with E-state index in [1.54, 1.807) is 50.8 Å². The minimum absolute atomic E-state index is 0.0732. The molecule has 2 heterocycles. The van der Waals surface area contributed by atoms with Crippen LogP contribution in [0.3, 0.4) is 0 Å². The Hall–Kier alpha value is -4.10. The molecule has 1 aliphatic rings. The highest BCUT2D eigenvalue weighted by atomic mass is 127. The van der Waals surface area contributed by atoms with Crippen molar-refractivity contribution in [1.82, 2.24) is 4.57 Å². The number of fused-ring (bicyclic) bond motifs is 1. The van der Waals surface area contributed by atoms with Crippen LogP contribution in [0.25, 0.3) is 6.08 Å². The fourth-order valence-electron chi connectivity index (χ4n) is 5.19. The summed E-state index contributed by atoms with van der Waals surface area (Å²) >= 11 is 3.45. The summed E-state index contributed by atoms with van der Waals surface area (Å²) in [6.45, 7) is 7.85. The molecule has 1 atom stereocenters. The number of allylic oxidation sites excluding steroid dienone is 1. The number of hydrogen-bond acceptors (Lipinski definition) is 9. The molecular weight excluding hydrogens is 719 g/mol. The SMILES string of the molecule is CCOC(=O)C1=C(C)N=c2s/c(=C/c3cc(I)cc(OC)c3OCc3ccccc3)c(=O)n2[C@H]1c1ccc(OC(C)C)c(OC)c1. The summed E-state index contributed by atoms with van der Waals surface area (Å²) in [5.74, 6) is 1.57. The zero-order chi connectivity index (χ0) is 33.0. The molecule has 240 valence electrons. The number of carbonyl (C=O) groups excluding carboxylic acids is 1. The Morgan fingerprint density at radius 2 is 1.78 bits per heavy atom. The number of rotatable bonds is 11. The molecule has 9 nitrogen and oxygen atoms in total. The third-order valence-electron chi connectivity index (χ3n) is 7.16. The van der Waals surface area contributed by atoms with E-state index in [1.165, 1.54) is 11.3 Å². The Morgan fingerprint density at radius 3 is 2.46 bits per heavy atom. The van der Waals surface area contributed by atoms with Crippen LogP contribution in [0.15, 0.2) is 81.7 Å². The van der Waals surface area contributed by atoms with Crippen LogP contribution in [0.4, 0.5) is 0 Å². The van der Waals surface area contributed by atoms with E-state index in [1.807, 2.05) is 62.4 Å². The third kappa shape index (κ3) is 7.00. The number of carbonyl (C=O) groups is 1. The summed E-state index contributed by atoms with van der Waals surface area (Å²) in [6.07, 6.45) is 1.71. The van der Waals surface area contributed by atoms with Crippen LogP contribution in [0.1, 0.15) is 50.4 Å². The van der Waals surface area contributed by atoms with E-state index >= 15 is 0 Å². The van der Waals surface area contributed by atoms with E-state index in [4.69, 9.17) is 28.7 Å². The molecule has 0 radical (unpaired) electrons. The molecule has 0 unspecified atom stereocenters. The minimum atomic E-state index is -0.807. The number of halogens is 1. The second-order valence-electron chi connectivity index (χ2n) is 10.7. The molecule has 3 aromatic carbocycles. The van der Waals surface area contributed by atoms with Gasteiger partial charge in [-0.15, -0.1) is 0 Å². The molecule has 0 N–H and O–H groups in total. The van der Waals surface area contributed by atoms with Gasteiger partial charge in [-0.05, 0) is 91.8 Å². The van der Waals surface area contributed by atoms with Crippen molar-refractivity contribution in [2.75, 3.05) is 20.8 Å². The topological polar surface area (TPSA) is 97.6 Å². The highest BCUT2D eigenvalue weighted by molar-refractivity contribution is 14.1. The molecule has 0 amide bonds. The third-order valence-corrected chi connectivity index (χ3v) is 8.77. The van der Waals surface area contributed by atoms with Gasteiger partial charge >= 0.3 is 5.97 Å². The van der Waals surface area contributed by atoms with E-state index < -0.39 is 12.0 Å². The van der Waals surface area contributed by atoms with Crippen molar-refractivity contribution in [3.8, 4) is 23.0 Å². The first kappa shape index (κ1) is 33.3. The van der Waals surface area contributed by atoms with Gasteiger partial charge in [-0.2, -0.15) is 0 Å². The predicted octanol–water partition coefficient (Wildman–Crippen LogP) is 5.79. The number of aromatic nitrogens is 1. The van der Waals surface area contributed by atoms with Crippen molar-refractivity contribution in [3.63, 3.8) is 0 Å². The lowest BCUT2D eigenvalue weighted by atomic mass is 9.95. The van der Waals surface area contributed by atoms with Crippen LogP contribution >= 0.6 is 33.9 Å². The van der Waals surface area contributed by atoms with Crippen molar-refractivity contribution in [2.24, 2.45) is 4.99 Å². The quantitative estimate of drug-likeness (QED) is 0.141. The van der Waals surface area contributed by atoms with Crippen molar-refractivity contribution >= 4 is 46.0 Å². The van der Waals surface area contributed by atoms with E-state index in [9.17, 15) is 9.59 Å². The van der Waals surface area contributed by atoms with Crippen LogP contribution in [0.2, 0.25) is 0 Å². The Kier molecular flexibility index (Phi) is 10.5. The van der Waals surface area contributed by atoms with Gasteiger partial charge in [0, 0.05) is 9.13 Å². The standard InChI is InChI=1S/C35H35IN2O7S/c1-7-43-34(40)30-21(4)37-35-38(31(30)23-13-14-26(45-20(2)3)27(16-23)41-5)33(39)29(46-35)17-24-15-25(36)18-28(42-6)32(24)44-19-22-11-9-8-10-12-22/h8-18,20,31H,7,19H2,1-6H3/b29-17+/t31-/m0/s1. The minimum Gasteiger partial charge on any atom is -0.493 e. The lowest BCUT2D eigenvalue weighted by molar-refractivity contribution is -0.139. The van der Waals surface area contributed by atoms with Crippen molar-refractivity contribution in [1.29, 1.82) is 0 Å². The maximum absolute atomic E-state index is 14.3. The van der Waals surface area contributed by atoms with Gasteiger partial charge in [0.15, 0.2) is 27.8 Å². The average molecular weight is 755 g/mol. The second-order valence-corrected chi connectivity index (χ2v) is 12.9. The summed E-state index contributed by atoms with van der Waals surface area (Å²) in [5.41, 5.74) is 2.77. The van der Waals surface area contributed by atoms with Gasteiger partial charge in [-0.1, -0.05) is 47.7 Å². The molecule has 0 saturated carbocycles. The molecule has 11 heteroatoms. The van der Waals surface area contributed by atoms with Gasteiger partial charge < -0.3 is 23.7 Å². The summed E-state index contributed by atoms with van der Waals surface area (Å²) in [7, 11) is 3.14. The normalized spacial score (nSPS) is 14.5. The number of hydrogen-bond donors (Lipinski definition) is 0. The first-order valence-corrected chi connectivity index (χ1v) is 16.6. The Morgan fingerprint density at radius 1 is 1.04 bits per heavy atom. The van der Waals surface area contributed by atoms with Crippen molar-refractivity contribution in [2.45, 2.75) is 46.4 Å². The van der Waals surface area contributed by atoms with Crippen molar-refractivity contribution in [3.05, 3.63) is 112 Å². The molecule has 0 spiro atoms. The highest BCUT2D eigenvalue weighted by Gasteiger charge is 2.34. The Labute approximate surface area is 284 Å². The maximum atomic E-state index is 14.3. The molecule has 0 aliphatic carbocycles. The molecule has 4 aromatic rings. The van der Waals surface area contributed by atoms with E-state index in [0.29, 0.717) is 55.8 Å². The molecule has 0 saturated heterocycles. The molecule has 46 heavy (non-hydrogen) atoms. The van der Waals surface area contributed by atoms with Crippen LogP contribution in [0, 0.1) is 3.57 Å². The monoisotopic (exact) mass is 754 g/mol. The van der Waals surface area contributed by atoms with Crippen molar-refractivity contribution < 1.29 is 28.5 Å². The number of benzene rings is 3. The Balaban J connectivity index is 1.68. The van der Waals surface area contributed by atoms with Gasteiger partial charge in [-0.25, -0.2) is 9.79 Å². The molecule has 1 aliphatic heterocycles. The summed E-state index contributed by atoms with van der Waals surface area (Å²) in [6, 6.07) is 18.2. The smallest absolute Gasteiger partial charge is 0.338 e. The van der Waals surface area contributed by atoms with Crippen LogP contribution in [0.5, 0.6) is 23.0 Å². The lowest BCUT2D eigenvalue weighted by Gasteiger charge is -2.25. The fourth-order valence-corrected chi connectivity index (χ4v) is 6.84. The second kappa shape index (κ2) is 14.5. The van der Waals surface area contributed by atoms with Gasteiger partial charge in [0.05, 0.1) is 48.8 Å². The Bertz CT molecular complexity index is 1960. The number of esters is 1. The molecular formula is C35H35IN2O7S. The highest BCUT2D eigenvalue weighted by Crippen LogP contribution is 2.37. The zero-order valence-electron chi connectivity index (χ0n) is 26.5. The first-order chi connectivity index (χ1) is 22.1. The van der Waals surface area contributed by atoms with E-state index in [-0.39, 0.29) is 23.8 Å². The van der Waals surface area contributed by atoms with Crippen LogP contribution in [-0.4, -0.2) is 37.5 Å². The molecule has 0 fully saturated rings. The fraction of sp³-hybridized carbons (Fsp3) is 0.286. The molecule has 1 aromatic heterocycles. The summed E-state index contributed by atoms with van der Waals surface area (Å²) in [4.78, 5) is 32.8. The summed E-state index contributed by atoms with van der Waals surface area (Å²) in [5, 5.41) is 0. The number of ether oxygens (including phenoxy) is 5.